The van der Waals surface area contributed by atoms with Crippen LogP contribution in [0.3, 0.4) is 0 Å². The Balaban J connectivity index is 3.15. The van der Waals surface area contributed by atoms with E-state index in [0.717, 1.165) is 0 Å². The molecule has 3 nitrogen and oxygen atoms in total. The smallest absolute Gasteiger partial charge is 0.387 e. The van der Waals surface area contributed by atoms with Crippen molar-refractivity contribution >= 4 is 17.6 Å². The molecule has 0 atom stereocenters. The highest BCUT2D eigenvalue weighted by atomic mass is 35.5. The van der Waals surface area contributed by atoms with Crippen LogP contribution in [0.4, 0.5) is 8.78 Å². The first kappa shape index (κ1) is 14.7. The van der Waals surface area contributed by atoms with Crippen molar-refractivity contribution in [3.05, 3.63) is 28.8 Å². The third-order valence-corrected chi connectivity index (χ3v) is 2.53. The molecule has 0 saturated heterocycles. The summed E-state index contributed by atoms with van der Waals surface area (Å²) < 4.78 is 33.4. The molecule has 0 unspecified atom stereocenters. The minimum Gasteiger partial charge on any atom is -0.462 e. The van der Waals surface area contributed by atoms with Gasteiger partial charge in [-0.25, -0.2) is 4.79 Å². The number of esters is 1. The van der Waals surface area contributed by atoms with E-state index in [0.29, 0.717) is 16.7 Å². The number of benzene rings is 1. The van der Waals surface area contributed by atoms with E-state index in [9.17, 15) is 13.6 Å². The number of aryl methyl sites for hydroxylation is 1. The first-order chi connectivity index (χ1) is 8.49. The van der Waals surface area contributed by atoms with Gasteiger partial charge in [0.1, 0.15) is 5.75 Å². The van der Waals surface area contributed by atoms with Crippen LogP contribution in [0.2, 0.25) is 0 Å². The molecule has 18 heavy (non-hydrogen) atoms. The van der Waals surface area contributed by atoms with E-state index in [1.807, 2.05) is 0 Å². The molecule has 1 rings (SSSR count). The zero-order chi connectivity index (χ0) is 13.7. The second-order valence-corrected chi connectivity index (χ2v) is 3.77. The predicted octanol–water partition coefficient (Wildman–Crippen LogP) is 3.51. The predicted molar refractivity (Wildman–Crippen MR) is 63.3 cm³/mol. The van der Waals surface area contributed by atoms with E-state index in [2.05, 4.69) is 4.74 Å². The fourth-order valence-corrected chi connectivity index (χ4v) is 1.81. The van der Waals surface area contributed by atoms with Crippen molar-refractivity contribution < 1.29 is 23.0 Å². The number of rotatable bonds is 5. The molecular formula is C12H13ClF2O3. The standard InChI is InChI=1S/C12H13ClF2O3/c1-3-17-11(16)10-7(2)4-9(18-12(14)15)5-8(10)6-13/h4-5,12H,3,6H2,1-2H3. The Morgan fingerprint density at radius 3 is 2.61 bits per heavy atom. The van der Waals surface area contributed by atoms with Gasteiger partial charge < -0.3 is 9.47 Å². The van der Waals surface area contributed by atoms with Crippen molar-refractivity contribution in [2.75, 3.05) is 6.61 Å². The van der Waals surface area contributed by atoms with Gasteiger partial charge in [-0.1, -0.05) is 0 Å². The van der Waals surface area contributed by atoms with Crippen LogP contribution in [-0.2, 0) is 10.6 Å². The Morgan fingerprint density at radius 1 is 1.44 bits per heavy atom. The second kappa shape index (κ2) is 6.54. The van der Waals surface area contributed by atoms with E-state index in [4.69, 9.17) is 16.3 Å². The van der Waals surface area contributed by atoms with Gasteiger partial charge in [0.25, 0.3) is 0 Å². The van der Waals surface area contributed by atoms with Crippen LogP contribution in [0.1, 0.15) is 28.4 Å². The average Bonchev–Trinajstić information content (AvgIpc) is 2.27. The van der Waals surface area contributed by atoms with Crippen molar-refractivity contribution in [1.82, 2.24) is 0 Å². The number of hydrogen-bond acceptors (Lipinski definition) is 3. The summed E-state index contributed by atoms with van der Waals surface area (Å²) in [5, 5.41) is 0. The number of ether oxygens (including phenoxy) is 2. The normalized spacial score (nSPS) is 10.6. The third kappa shape index (κ3) is 3.57. The van der Waals surface area contributed by atoms with E-state index in [1.54, 1.807) is 13.8 Å². The molecule has 0 aliphatic carbocycles. The molecule has 6 heteroatoms. The van der Waals surface area contributed by atoms with Gasteiger partial charge in [0.05, 0.1) is 12.2 Å². The van der Waals surface area contributed by atoms with E-state index >= 15 is 0 Å². The molecule has 100 valence electrons. The monoisotopic (exact) mass is 278 g/mol. The lowest BCUT2D eigenvalue weighted by molar-refractivity contribution is -0.0499. The average molecular weight is 279 g/mol. The number of carbonyl (C=O) groups is 1. The summed E-state index contributed by atoms with van der Waals surface area (Å²) >= 11 is 5.71. The molecule has 1 aromatic carbocycles. The van der Waals surface area contributed by atoms with Crippen LogP contribution >= 0.6 is 11.6 Å². The van der Waals surface area contributed by atoms with Crippen LogP contribution < -0.4 is 4.74 Å². The van der Waals surface area contributed by atoms with Gasteiger partial charge in [-0.15, -0.1) is 11.6 Å². The van der Waals surface area contributed by atoms with E-state index in [1.165, 1.54) is 12.1 Å². The van der Waals surface area contributed by atoms with Gasteiger partial charge >= 0.3 is 12.6 Å². The second-order valence-electron chi connectivity index (χ2n) is 3.51. The fraction of sp³-hybridized carbons (Fsp3) is 0.417. The molecular weight excluding hydrogens is 266 g/mol. The Hall–Kier alpha value is -1.36. The molecule has 0 bridgehead atoms. The Morgan fingerprint density at radius 2 is 2.11 bits per heavy atom. The van der Waals surface area contributed by atoms with Crippen LogP contribution in [-0.4, -0.2) is 19.2 Å². The summed E-state index contributed by atoms with van der Waals surface area (Å²) in [5.74, 6) is -0.532. The summed E-state index contributed by atoms with van der Waals surface area (Å²) in [7, 11) is 0. The zero-order valence-electron chi connectivity index (χ0n) is 10.0. The topological polar surface area (TPSA) is 35.5 Å². The molecule has 0 aromatic heterocycles. The summed E-state index contributed by atoms with van der Waals surface area (Å²) in [6.07, 6.45) is 0. The molecule has 0 N–H and O–H groups in total. The van der Waals surface area contributed by atoms with Crippen LogP contribution in [0.25, 0.3) is 0 Å². The van der Waals surface area contributed by atoms with Gasteiger partial charge in [-0.2, -0.15) is 8.78 Å². The van der Waals surface area contributed by atoms with Gasteiger partial charge in [0.2, 0.25) is 0 Å². The molecule has 0 spiro atoms. The number of halogens is 3. The molecule has 0 fully saturated rings. The Bertz CT molecular complexity index is 436. The largest absolute Gasteiger partial charge is 0.462 e. The molecule has 0 saturated carbocycles. The van der Waals surface area contributed by atoms with E-state index in [-0.39, 0.29) is 18.2 Å². The summed E-state index contributed by atoms with van der Waals surface area (Å²) in [6, 6.07) is 2.67. The maximum Gasteiger partial charge on any atom is 0.387 e. The third-order valence-electron chi connectivity index (χ3n) is 2.24. The highest BCUT2D eigenvalue weighted by Gasteiger charge is 2.17. The van der Waals surface area contributed by atoms with Crippen molar-refractivity contribution in [2.45, 2.75) is 26.3 Å². The highest BCUT2D eigenvalue weighted by Crippen LogP contribution is 2.25. The van der Waals surface area contributed by atoms with Gasteiger partial charge in [0.15, 0.2) is 0 Å². The zero-order valence-corrected chi connectivity index (χ0v) is 10.8. The minimum absolute atomic E-state index is 0.00935. The van der Waals surface area contributed by atoms with Crippen LogP contribution in [0.15, 0.2) is 12.1 Å². The fourth-order valence-electron chi connectivity index (χ4n) is 1.60. The first-order valence-electron chi connectivity index (χ1n) is 5.31. The SMILES string of the molecule is CCOC(=O)c1c(C)cc(OC(F)F)cc1CCl. The first-order valence-corrected chi connectivity index (χ1v) is 5.84. The molecule has 0 amide bonds. The van der Waals surface area contributed by atoms with Crippen LogP contribution in [0.5, 0.6) is 5.75 Å². The maximum atomic E-state index is 12.1. The minimum atomic E-state index is -2.92. The van der Waals surface area contributed by atoms with Crippen molar-refractivity contribution in [3.8, 4) is 5.75 Å². The molecule has 0 aliphatic heterocycles. The summed E-state index contributed by atoms with van der Waals surface area (Å²) in [5.41, 5.74) is 1.20. The Kier molecular flexibility index (Phi) is 5.34. The number of carbonyl (C=O) groups excluding carboxylic acids is 1. The van der Waals surface area contributed by atoms with Crippen LogP contribution in [0, 0.1) is 6.92 Å². The van der Waals surface area contributed by atoms with Crippen molar-refractivity contribution in [1.29, 1.82) is 0 Å². The maximum absolute atomic E-state index is 12.1. The lowest BCUT2D eigenvalue weighted by Crippen LogP contribution is -2.11. The lowest BCUT2D eigenvalue weighted by Gasteiger charge is -2.13. The molecule has 0 aliphatic rings. The van der Waals surface area contributed by atoms with Crippen molar-refractivity contribution in [3.63, 3.8) is 0 Å². The van der Waals surface area contributed by atoms with Gasteiger partial charge in [-0.05, 0) is 37.1 Å². The number of alkyl halides is 3. The Labute approximate surface area is 109 Å². The van der Waals surface area contributed by atoms with Gasteiger partial charge in [-0.3, -0.25) is 0 Å². The molecule has 0 radical (unpaired) electrons. The van der Waals surface area contributed by atoms with Crippen molar-refractivity contribution in [2.24, 2.45) is 0 Å². The lowest BCUT2D eigenvalue weighted by atomic mass is 10.0. The summed E-state index contributed by atoms with van der Waals surface area (Å²) in [6.45, 7) is 0.610. The van der Waals surface area contributed by atoms with Gasteiger partial charge in [0, 0.05) is 5.88 Å². The quantitative estimate of drug-likeness (QED) is 0.611. The highest BCUT2D eigenvalue weighted by molar-refractivity contribution is 6.17. The number of hydrogen-bond donors (Lipinski definition) is 0. The molecule has 0 heterocycles. The van der Waals surface area contributed by atoms with E-state index < -0.39 is 12.6 Å². The summed E-state index contributed by atoms with van der Waals surface area (Å²) in [4.78, 5) is 11.7. The molecule has 1 aromatic rings.